The highest BCUT2D eigenvalue weighted by Crippen LogP contribution is 2.27. The van der Waals surface area contributed by atoms with Gasteiger partial charge in [-0.3, -0.25) is 20.0 Å². The van der Waals surface area contributed by atoms with E-state index in [1.165, 1.54) is 0 Å². The molecule has 1 fully saturated rings. The molecule has 1 saturated heterocycles. The van der Waals surface area contributed by atoms with Crippen LogP contribution in [0.2, 0.25) is 0 Å². The average Bonchev–Trinajstić information content (AvgIpc) is 2.38. The first-order valence-corrected chi connectivity index (χ1v) is 6.59. The Bertz CT molecular complexity index is 687. The van der Waals surface area contributed by atoms with E-state index < -0.39 is 0 Å². The molecule has 1 N–H and O–H groups in total. The van der Waals surface area contributed by atoms with Crippen molar-refractivity contribution in [3.63, 3.8) is 0 Å². The number of benzene rings is 1. The first kappa shape index (κ1) is 12.1. The number of urea groups is 1. The second-order valence-electron chi connectivity index (χ2n) is 4.28. The van der Waals surface area contributed by atoms with Crippen molar-refractivity contribution in [2.45, 2.75) is 6.42 Å². The van der Waals surface area contributed by atoms with E-state index >= 15 is 0 Å². The number of carbonyl (C=O) groups excluding carboxylic acids is 2. The zero-order chi connectivity index (χ0) is 13.4. The molecule has 96 valence electrons. The molecule has 0 unspecified atom stereocenters. The van der Waals surface area contributed by atoms with Crippen molar-refractivity contribution in [3.05, 3.63) is 35.1 Å². The van der Waals surface area contributed by atoms with E-state index in [0.29, 0.717) is 13.0 Å². The minimum Gasteiger partial charge on any atom is -0.294 e. The highest BCUT2D eigenvalue weighted by molar-refractivity contribution is 9.10. The van der Waals surface area contributed by atoms with Gasteiger partial charge in [0.2, 0.25) is 5.91 Å². The molecule has 0 saturated carbocycles. The van der Waals surface area contributed by atoms with Crippen LogP contribution in [0.4, 0.5) is 10.5 Å². The van der Waals surface area contributed by atoms with Gasteiger partial charge in [0.15, 0.2) is 0 Å². The van der Waals surface area contributed by atoms with Crippen LogP contribution in [-0.2, 0) is 4.79 Å². The average molecular weight is 320 g/mol. The number of pyridine rings is 1. The fourth-order valence-electron chi connectivity index (χ4n) is 2.11. The fraction of sp³-hybridized carbons (Fsp3) is 0.154. The van der Waals surface area contributed by atoms with Gasteiger partial charge in [0.1, 0.15) is 0 Å². The molecule has 6 heteroatoms. The quantitative estimate of drug-likeness (QED) is 0.878. The van der Waals surface area contributed by atoms with Crippen LogP contribution >= 0.6 is 15.9 Å². The number of hydrogen-bond donors (Lipinski definition) is 1. The van der Waals surface area contributed by atoms with Gasteiger partial charge in [-0.2, -0.15) is 0 Å². The molecule has 3 amide bonds. The van der Waals surface area contributed by atoms with Crippen molar-refractivity contribution in [2.75, 3.05) is 11.4 Å². The van der Waals surface area contributed by atoms with Crippen LogP contribution in [-0.4, -0.2) is 23.5 Å². The van der Waals surface area contributed by atoms with Crippen molar-refractivity contribution < 1.29 is 9.59 Å². The van der Waals surface area contributed by atoms with Crippen molar-refractivity contribution in [1.29, 1.82) is 0 Å². The third-order valence-electron chi connectivity index (χ3n) is 3.06. The highest BCUT2D eigenvalue weighted by atomic mass is 79.9. The molecule has 2 heterocycles. The van der Waals surface area contributed by atoms with Gasteiger partial charge >= 0.3 is 6.03 Å². The lowest BCUT2D eigenvalue weighted by Crippen LogP contribution is -2.49. The number of rotatable bonds is 1. The Balaban J connectivity index is 2.02. The Kier molecular flexibility index (Phi) is 2.94. The topological polar surface area (TPSA) is 62.3 Å². The molecule has 1 aliphatic rings. The number of fused-ring (bicyclic) bond motifs is 1. The maximum atomic E-state index is 11.8. The van der Waals surface area contributed by atoms with Gasteiger partial charge in [-0.25, -0.2) is 4.79 Å². The lowest BCUT2D eigenvalue weighted by molar-refractivity contribution is -0.120. The molecular formula is C13H10BrN3O2. The smallest absolute Gasteiger partial charge is 0.294 e. The van der Waals surface area contributed by atoms with E-state index in [1.54, 1.807) is 17.3 Å². The Morgan fingerprint density at radius 2 is 2.11 bits per heavy atom. The van der Waals surface area contributed by atoms with E-state index in [4.69, 9.17) is 0 Å². The summed E-state index contributed by atoms with van der Waals surface area (Å²) in [6.45, 7) is 0.400. The molecule has 2 aromatic rings. The molecule has 1 aliphatic heterocycles. The van der Waals surface area contributed by atoms with Crippen LogP contribution in [0.3, 0.4) is 0 Å². The molecule has 0 aliphatic carbocycles. The number of nitrogens with one attached hydrogen (secondary N) is 1. The summed E-state index contributed by atoms with van der Waals surface area (Å²) in [5.41, 5.74) is 0.761. The van der Waals surface area contributed by atoms with Crippen LogP contribution in [0.5, 0.6) is 0 Å². The van der Waals surface area contributed by atoms with Crippen molar-refractivity contribution in [1.82, 2.24) is 10.3 Å². The van der Waals surface area contributed by atoms with E-state index in [-0.39, 0.29) is 11.9 Å². The van der Waals surface area contributed by atoms with Crippen molar-refractivity contribution in [2.24, 2.45) is 0 Å². The van der Waals surface area contributed by atoms with Crippen LogP contribution in [0.15, 0.2) is 35.1 Å². The van der Waals surface area contributed by atoms with Crippen LogP contribution in [0, 0.1) is 0 Å². The third kappa shape index (κ3) is 2.19. The normalized spacial score (nSPS) is 15.7. The van der Waals surface area contributed by atoms with E-state index in [2.05, 4.69) is 26.2 Å². The largest absolute Gasteiger partial charge is 0.328 e. The summed E-state index contributed by atoms with van der Waals surface area (Å²) in [6, 6.07) is 5.31. The van der Waals surface area contributed by atoms with E-state index in [1.807, 2.05) is 18.2 Å². The van der Waals surface area contributed by atoms with Gasteiger partial charge in [-0.05, 0) is 33.4 Å². The SMILES string of the molecule is O=C1CCN(c2ccc3c(Br)cncc3c2)C(=O)N1. The Labute approximate surface area is 117 Å². The van der Waals surface area contributed by atoms with E-state index in [0.717, 1.165) is 20.9 Å². The second kappa shape index (κ2) is 4.62. The molecule has 3 rings (SSSR count). The number of imide groups is 1. The third-order valence-corrected chi connectivity index (χ3v) is 3.69. The summed E-state index contributed by atoms with van der Waals surface area (Å²) >= 11 is 3.44. The Morgan fingerprint density at radius 3 is 2.89 bits per heavy atom. The number of hydrogen-bond acceptors (Lipinski definition) is 3. The molecule has 0 atom stereocenters. The van der Waals surface area contributed by atoms with Crippen molar-refractivity contribution >= 4 is 44.3 Å². The molecule has 0 radical (unpaired) electrons. The van der Waals surface area contributed by atoms with Crippen LogP contribution in [0.25, 0.3) is 10.8 Å². The molecule has 1 aromatic carbocycles. The maximum Gasteiger partial charge on any atom is 0.328 e. The zero-order valence-corrected chi connectivity index (χ0v) is 11.5. The molecule has 5 nitrogen and oxygen atoms in total. The number of nitrogens with zero attached hydrogens (tertiary/aromatic N) is 2. The minimum atomic E-state index is -0.376. The zero-order valence-electron chi connectivity index (χ0n) is 9.89. The molecule has 0 spiro atoms. The molecular weight excluding hydrogens is 310 g/mol. The predicted octanol–water partition coefficient (Wildman–Crippen LogP) is 2.44. The highest BCUT2D eigenvalue weighted by Gasteiger charge is 2.24. The summed E-state index contributed by atoms with van der Waals surface area (Å²) in [7, 11) is 0. The van der Waals surface area contributed by atoms with Gasteiger partial charge in [-0.1, -0.05) is 6.07 Å². The Morgan fingerprint density at radius 1 is 1.26 bits per heavy atom. The predicted molar refractivity (Wildman–Crippen MR) is 74.9 cm³/mol. The van der Waals surface area contributed by atoms with E-state index in [9.17, 15) is 9.59 Å². The summed E-state index contributed by atoms with van der Waals surface area (Å²) in [5.74, 6) is -0.230. The van der Waals surface area contributed by atoms with Gasteiger partial charge in [-0.15, -0.1) is 0 Å². The number of halogens is 1. The molecule has 0 bridgehead atoms. The standard InChI is InChI=1S/C13H10BrN3O2/c14-11-7-15-6-8-5-9(1-2-10(8)11)17-4-3-12(18)16-13(17)19/h1-2,5-7H,3-4H2,(H,16,18,19). The maximum absolute atomic E-state index is 11.8. The van der Waals surface area contributed by atoms with Gasteiger partial charge in [0.05, 0.1) is 0 Å². The number of carbonyl (C=O) groups is 2. The van der Waals surface area contributed by atoms with Gasteiger partial charge in [0.25, 0.3) is 0 Å². The summed E-state index contributed by atoms with van der Waals surface area (Å²) in [6.07, 6.45) is 3.80. The second-order valence-corrected chi connectivity index (χ2v) is 5.14. The molecule has 19 heavy (non-hydrogen) atoms. The van der Waals surface area contributed by atoms with Crippen LogP contribution in [0.1, 0.15) is 6.42 Å². The van der Waals surface area contributed by atoms with Gasteiger partial charge in [0, 0.05) is 40.9 Å². The summed E-state index contributed by atoms with van der Waals surface area (Å²) < 4.78 is 0.912. The first-order valence-electron chi connectivity index (χ1n) is 5.80. The lowest BCUT2D eigenvalue weighted by Gasteiger charge is -2.26. The lowest BCUT2D eigenvalue weighted by atomic mass is 10.1. The number of amides is 3. The van der Waals surface area contributed by atoms with Crippen LogP contribution < -0.4 is 10.2 Å². The minimum absolute atomic E-state index is 0.230. The summed E-state index contributed by atoms with van der Waals surface area (Å²) in [4.78, 5) is 28.6. The van der Waals surface area contributed by atoms with Gasteiger partial charge < -0.3 is 0 Å². The summed E-state index contributed by atoms with van der Waals surface area (Å²) in [5, 5.41) is 4.29. The Hall–Kier alpha value is -1.95. The number of anilines is 1. The number of aromatic nitrogens is 1. The first-order chi connectivity index (χ1) is 9.15. The van der Waals surface area contributed by atoms with Crippen molar-refractivity contribution in [3.8, 4) is 0 Å². The fourth-order valence-corrected chi connectivity index (χ4v) is 2.58. The monoisotopic (exact) mass is 319 g/mol. The molecule has 1 aromatic heterocycles.